The van der Waals surface area contributed by atoms with E-state index in [0.29, 0.717) is 16.6 Å². The van der Waals surface area contributed by atoms with Gasteiger partial charge in [-0.15, -0.1) is 21.5 Å². The minimum atomic E-state index is -0.487. The van der Waals surface area contributed by atoms with E-state index >= 15 is 0 Å². The SMILES string of the molecule is Cc1ccsc1CN(C)C(=O)c1ccc(Sc2nncn2C)c([N+](=O)[O-])c1. The highest BCUT2D eigenvalue weighted by atomic mass is 32.2. The Bertz CT molecular complexity index is 998. The van der Waals surface area contributed by atoms with Gasteiger partial charge in [-0.25, -0.2) is 0 Å². The van der Waals surface area contributed by atoms with Gasteiger partial charge in [-0.1, -0.05) is 0 Å². The number of carbonyl (C=O) groups excluding carboxylic acids is 1. The van der Waals surface area contributed by atoms with Crippen LogP contribution in [0, 0.1) is 17.0 Å². The lowest BCUT2D eigenvalue weighted by molar-refractivity contribution is -0.387. The van der Waals surface area contributed by atoms with Gasteiger partial charge in [-0.05, 0) is 47.8 Å². The number of thiophene rings is 1. The summed E-state index contributed by atoms with van der Waals surface area (Å²) in [5.41, 5.74) is 1.27. The monoisotopic (exact) mass is 403 g/mol. The van der Waals surface area contributed by atoms with Crippen molar-refractivity contribution >= 4 is 34.7 Å². The standard InChI is InChI=1S/C17H17N5O3S2/c1-11-6-7-26-15(11)9-20(2)16(23)12-4-5-14(13(8-12)22(24)25)27-17-19-18-10-21(17)3/h4-8,10H,9H2,1-3H3. The average molecular weight is 403 g/mol. The van der Waals surface area contributed by atoms with Gasteiger partial charge in [0.2, 0.25) is 0 Å². The highest BCUT2D eigenvalue weighted by molar-refractivity contribution is 7.99. The molecular formula is C17H17N5O3S2. The summed E-state index contributed by atoms with van der Waals surface area (Å²) in [4.78, 5) is 26.8. The smallest absolute Gasteiger partial charge is 0.284 e. The Morgan fingerprint density at radius 1 is 1.41 bits per heavy atom. The van der Waals surface area contributed by atoms with E-state index in [0.717, 1.165) is 22.2 Å². The largest absolute Gasteiger partial charge is 0.337 e. The van der Waals surface area contributed by atoms with Gasteiger partial charge >= 0.3 is 0 Å². The number of aromatic nitrogens is 3. The zero-order valence-electron chi connectivity index (χ0n) is 14.9. The Hall–Kier alpha value is -2.72. The number of benzene rings is 1. The molecule has 0 unspecified atom stereocenters. The molecule has 0 N–H and O–H groups in total. The molecule has 0 aliphatic rings. The first-order valence-electron chi connectivity index (χ1n) is 7.95. The van der Waals surface area contributed by atoms with Gasteiger partial charge in [-0.3, -0.25) is 14.9 Å². The second-order valence-electron chi connectivity index (χ2n) is 5.95. The molecule has 10 heteroatoms. The number of nitro groups is 1. The van der Waals surface area contributed by atoms with Crippen molar-refractivity contribution in [3.63, 3.8) is 0 Å². The van der Waals surface area contributed by atoms with Crippen LogP contribution in [-0.2, 0) is 13.6 Å². The molecule has 140 valence electrons. The van der Waals surface area contributed by atoms with Gasteiger partial charge in [0.1, 0.15) is 6.33 Å². The highest BCUT2D eigenvalue weighted by Gasteiger charge is 2.22. The molecule has 0 atom stereocenters. The Morgan fingerprint density at radius 3 is 2.78 bits per heavy atom. The summed E-state index contributed by atoms with van der Waals surface area (Å²) in [6, 6.07) is 6.50. The maximum Gasteiger partial charge on any atom is 0.284 e. The van der Waals surface area contributed by atoms with E-state index < -0.39 is 4.92 Å². The number of hydrogen-bond acceptors (Lipinski definition) is 7. The van der Waals surface area contributed by atoms with E-state index in [-0.39, 0.29) is 17.2 Å². The molecule has 27 heavy (non-hydrogen) atoms. The van der Waals surface area contributed by atoms with Crippen LogP contribution in [0.3, 0.4) is 0 Å². The third-order valence-electron chi connectivity index (χ3n) is 3.97. The number of aryl methyl sites for hydroxylation is 2. The first-order valence-corrected chi connectivity index (χ1v) is 9.65. The molecule has 0 saturated heterocycles. The van der Waals surface area contributed by atoms with Crippen molar-refractivity contribution in [1.29, 1.82) is 0 Å². The predicted molar refractivity (Wildman–Crippen MR) is 103 cm³/mol. The van der Waals surface area contributed by atoms with E-state index in [2.05, 4.69) is 10.2 Å². The first kappa shape index (κ1) is 19.1. The van der Waals surface area contributed by atoms with Gasteiger partial charge in [0.25, 0.3) is 11.6 Å². The molecule has 1 amide bonds. The maximum absolute atomic E-state index is 12.7. The Kier molecular flexibility index (Phi) is 5.57. The Morgan fingerprint density at radius 2 is 2.19 bits per heavy atom. The average Bonchev–Trinajstić information content (AvgIpc) is 3.23. The quantitative estimate of drug-likeness (QED) is 0.462. The molecule has 0 spiro atoms. The number of nitrogens with zero attached hydrogens (tertiary/aromatic N) is 5. The summed E-state index contributed by atoms with van der Waals surface area (Å²) in [6.07, 6.45) is 1.52. The lowest BCUT2D eigenvalue weighted by atomic mass is 10.1. The lowest BCUT2D eigenvalue weighted by Gasteiger charge is -2.17. The molecule has 3 aromatic rings. The first-order chi connectivity index (χ1) is 12.9. The van der Waals surface area contributed by atoms with Crippen LogP contribution in [0.1, 0.15) is 20.8 Å². The molecule has 0 aliphatic heterocycles. The van der Waals surface area contributed by atoms with Crippen molar-refractivity contribution in [2.75, 3.05) is 7.05 Å². The van der Waals surface area contributed by atoms with Crippen LogP contribution in [0.15, 0.2) is 46.0 Å². The summed E-state index contributed by atoms with van der Waals surface area (Å²) < 4.78 is 1.67. The number of rotatable bonds is 6. The van der Waals surface area contributed by atoms with Crippen LogP contribution in [0.2, 0.25) is 0 Å². The summed E-state index contributed by atoms with van der Waals surface area (Å²) in [7, 11) is 3.45. The van der Waals surface area contributed by atoms with E-state index in [4.69, 9.17) is 0 Å². The number of carbonyl (C=O) groups is 1. The fourth-order valence-corrected chi connectivity index (χ4v) is 4.22. The van der Waals surface area contributed by atoms with Gasteiger partial charge in [0, 0.05) is 30.6 Å². The fraction of sp³-hybridized carbons (Fsp3) is 0.235. The van der Waals surface area contributed by atoms with E-state index in [1.165, 1.54) is 12.4 Å². The van der Waals surface area contributed by atoms with Gasteiger partial charge in [-0.2, -0.15) is 0 Å². The van der Waals surface area contributed by atoms with Crippen molar-refractivity contribution in [3.8, 4) is 0 Å². The van der Waals surface area contributed by atoms with Crippen LogP contribution in [0.4, 0.5) is 5.69 Å². The molecule has 0 saturated carbocycles. The number of hydrogen-bond donors (Lipinski definition) is 0. The van der Waals surface area contributed by atoms with Crippen molar-refractivity contribution in [2.45, 2.75) is 23.5 Å². The second kappa shape index (κ2) is 7.89. The molecule has 0 bridgehead atoms. The van der Waals surface area contributed by atoms with Crippen molar-refractivity contribution in [3.05, 3.63) is 62.1 Å². The zero-order chi connectivity index (χ0) is 19.6. The van der Waals surface area contributed by atoms with E-state index in [1.807, 2.05) is 18.4 Å². The summed E-state index contributed by atoms with van der Waals surface area (Å²) in [5, 5.41) is 21.7. The number of nitro benzene ring substituents is 1. The topological polar surface area (TPSA) is 94.2 Å². The van der Waals surface area contributed by atoms with Gasteiger partial charge in [0.15, 0.2) is 5.16 Å². The molecule has 0 aliphatic carbocycles. The highest BCUT2D eigenvalue weighted by Crippen LogP contribution is 2.34. The van der Waals surface area contributed by atoms with Crippen LogP contribution in [0.25, 0.3) is 0 Å². The summed E-state index contributed by atoms with van der Waals surface area (Å²) in [5.74, 6) is -0.263. The van der Waals surface area contributed by atoms with Crippen LogP contribution < -0.4 is 0 Å². The second-order valence-corrected chi connectivity index (χ2v) is 7.96. The molecule has 2 heterocycles. The predicted octanol–water partition coefficient (Wildman–Crippen LogP) is 3.52. The normalized spacial score (nSPS) is 10.8. The molecule has 2 aromatic heterocycles. The van der Waals surface area contributed by atoms with Gasteiger partial charge in [0.05, 0.1) is 16.4 Å². The van der Waals surface area contributed by atoms with Crippen molar-refractivity contribution in [1.82, 2.24) is 19.7 Å². The Balaban J connectivity index is 1.84. The fourth-order valence-electron chi connectivity index (χ4n) is 2.42. The molecule has 1 aromatic carbocycles. The lowest BCUT2D eigenvalue weighted by Crippen LogP contribution is -2.26. The van der Waals surface area contributed by atoms with E-state index in [1.54, 1.807) is 47.0 Å². The molecule has 0 fully saturated rings. The Labute approximate surface area is 164 Å². The van der Waals surface area contributed by atoms with E-state index in [9.17, 15) is 14.9 Å². The van der Waals surface area contributed by atoms with Crippen molar-refractivity contribution < 1.29 is 9.72 Å². The minimum absolute atomic E-state index is 0.130. The summed E-state index contributed by atoms with van der Waals surface area (Å²) >= 11 is 2.72. The van der Waals surface area contributed by atoms with Crippen molar-refractivity contribution in [2.24, 2.45) is 7.05 Å². The number of amides is 1. The molecular weight excluding hydrogens is 386 g/mol. The third kappa shape index (κ3) is 4.17. The molecule has 3 rings (SSSR count). The van der Waals surface area contributed by atoms with Crippen LogP contribution >= 0.6 is 23.1 Å². The third-order valence-corrected chi connectivity index (χ3v) is 6.09. The minimum Gasteiger partial charge on any atom is -0.337 e. The maximum atomic E-state index is 12.7. The van der Waals surface area contributed by atoms with Crippen LogP contribution in [0.5, 0.6) is 0 Å². The van der Waals surface area contributed by atoms with Gasteiger partial charge < -0.3 is 9.47 Å². The summed E-state index contributed by atoms with van der Waals surface area (Å²) in [6.45, 7) is 2.46. The molecule has 8 nitrogen and oxygen atoms in total. The zero-order valence-corrected chi connectivity index (χ0v) is 16.6. The molecule has 0 radical (unpaired) electrons. The van der Waals surface area contributed by atoms with Crippen LogP contribution in [-0.4, -0.2) is 37.5 Å².